The van der Waals surface area contributed by atoms with Crippen LogP contribution in [0.1, 0.15) is 23.6 Å². The van der Waals surface area contributed by atoms with Crippen molar-refractivity contribution in [3.05, 3.63) is 71.8 Å². The van der Waals surface area contributed by atoms with Crippen molar-refractivity contribution in [2.24, 2.45) is 0 Å². The second-order valence-corrected chi connectivity index (χ2v) is 6.15. The Morgan fingerprint density at radius 2 is 1.83 bits per heavy atom. The number of rotatable bonds is 6. The van der Waals surface area contributed by atoms with Crippen molar-refractivity contribution in [3.8, 4) is 0 Å². The molecule has 1 amide bonds. The van der Waals surface area contributed by atoms with E-state index >= 15 is 0 Å². The number of hydrogen-bond acceptors (Lipinski definition) is 3. The zero-order valence-corrected chi connectivity index (χ0v) is 13.8. The fraction of sp³-hybridized carbons (Fsp3) is 0.350. The molecule has 2 aromatic carbocycles. The zero-order valence-electron chi connectivity index (χ0n) is 13.8. The third-order valence-electron chi connectivity index (χ3n) is 4.25. The molecule has 1 fully saturated rings. The maximum absolute atomic E-state index is 12.5. The van der Waals surface area contributed by atoms with Gasteiger partial charge in [0.2, 0.25) is 5.91 Å². The second-order valence-electron chi connectivity index (χ2n) is 6.15. The monoisotopic (exact) mass is 324 g/mol. The van der Waals surface area contributed by atoms with Crippen molar-refractivity contribution in [2.45, 2.75) is 24.9 Å². The molecule has 1 saturated heterocycles. The maximum Gasteiger partial charge on any atom is 0.222 e. The molecule has 24 heavy (non-hydrogen) atoms. The predicted molar refractivity (Wildman–Crippen MR) is 94.7 cm³/mol. The predicted octanol–water partition coefficient (Wildman–Crippen LogP) is 2.47. The summed E-state index contributed by atoms with van der Waals surface area (Å²) in [5.41, 5.74) is 2.34. The van der Waals surface area contributed by atoms with Gasteiger partial charge in [-0.05, 0) is 17.5 Å². The van der Waals surface area contributed by atoms with Crippen LogP contribution in [0.2, 0.25) is 0 Å². The van der Waals surface area contributed by atoms with Crippen LogP contribution in [0.4, 0.5) is 0 Å². The highest BCUT2D eigenvalue weighted by molar-refractivity contribution is 5.77. The average molecular weight is 324 g/mol. The Kier molecular flexibility index (Phi) is 5.99. The molecular weight excluding hydrogens is 300 g/mol. The van der Waals surface area contributed by atoms with Gasteiger partial charge in [-0.25, -0.2) is 0 Å². The number of morpholine rings is 1. The summed E-state index contributed by atoms with van der Waals surface area (Å²) in [6, 6.07) is 20.5. The van der Waals surface area contributed by atoms with Crippen LogP contribution in [0, 0.1) is 0 Å². The van der Waals surface area contributed by atoms with Crippen LogP contribution in [0.15, 0.2) is 60.7 Å². The Morgan fingerprint density at radius 3 is 2.50 bits per heavy atom. The Bertz CT molecular complexity index is 625. The van der Waals surface area contributed by atoms with Crippen LogP contribution in [0.5, 0.6) is 0 Å². The van der Waals surface area contributed by atoms with Crippen molar-refractivity contribution in [1.29, 1.82) is 0 Å². The Hall–Kier alpha value is -2.17. The first-order valence-electron chi connectivity index (χ1n) is 8.50. The fourth-order valence-corrected chi connectivity index (χ4v) is 3.02. The van der Waals surface area contributed by atoms with E-state index in [1.165, 1.54) is 5.56 Å². The third-order valence-corrected chi connectivity index (χ3v) is 4.25. The Labute approximate surface area is 143 Å². The van der Waals surface area contributed by atoms with Gasteiger partial charge in [-0.15, -0.1) is 0 Å². The molecule has 1 heterocycles. The molecule has 1 aliphatic rings. The highest BCUT2D eigenvalue weighted by Gasteiger charge is 2.20. The number of hydrogen-bond donors (Lipinski definition) is 2. The summed E-state index contributed by atoms with van der Waals surface area (Å²) in [6.07, 6.45) is 1.23. The molecule has 0 aliphatic carbocycles. The smallest absolute Gasteiger partial charge is 0.222 e. The number of benzene rings is 2. The first-order chi connectivity index (χ1) is 11.8. The van der Waals surface area contributed by atoms with Gasteiger partial charge in [0.15, 0.2) is 0 Å². The summed E-state index contributed by atoms with van der Waals surface area (Å²) in [5, 5.41) is 6.52. The highest BCUT2D eigenvalue weighted by Crippen LogP contribution is 2.18. The van der Waals surface area contributed by atoms with Gasteiger partial charge >= 0.3 is 0 Å². The van der Waals surface area contributed by atoms with Crippen LogP contribution >= 0.6 is 0 Å². The molecular formula is C20H24N2O2. The molecule has 2 atom stereocenters. The minimum Gasteiger partial charge on any atom is -0.378 e. The second kappa shape index (κ2) is 8.62. The van der Waals surface area contributed by atoms with Crippen molar-refractivity contribution >= 4 is 5.91 Å². The van der Waals surface area contributed by atoms with Crippen molar-refractivity contribution < 1.29 is 9.53 Å². The molecule has 0 bridgehead atoms. The first kappa shape index (κ1) is 16.7. The van der Waals surface area contributed by atoms with E-state index in [2.05, 4.69) is 34.9 Å². The molecule has 0 saturated carbocycles. The van der Waals surface area contributed by atoms with E-state index in [1.54, 1.807) is 0 Å². The lowest BCUT2D eigenvalue weighted by Gasteiger charge is -2.25. The van der Waals surface area contributed by atoms with E-state index in [1.807, 2.05) is 36.4 Å². The molecule has 2 unspecified atom stereocenters. The fourth-order valence-electron chi connectivity index (χ4n) is 3.02. The van der Waals surface area contributed by atoms with Crippen LogP contribution in [-0.4, -0.2) is 31.7 Å². The van der Waals surface area contributed by atoms with Crippen molar-refractivity contribution in [1.82, 2.24) is 10.6 Å². The van der Waals surface area contributed by atoms with E-state index in [0.29, 0.717) is 13.0 Å². The van der Waals surface area contributed by atoms with E-state index in [0.717, 1.165) is 25.1 Å². The molecule has 3 rings (SSSR count). The molecule has 4 nitrogen and oxygen atoms in total. The summed E-state index contributed by atoms with van der Waals surface area (Å²) < 4.78 is 5.43. The quantitative estimate of drug-likeness (QED) is 0.858. The summed E-state index contributed by atoms with van der Waals surface area (Å²) in [6.45, 7) is 2.13. The molecule has 0 aromatic heterocycles. The highest BCUT2D eigenvalue weighted by atomic mass is 16.5. The van der Waals surface area contributed by atoms with Crippen LogP contribution in [-0.2, 0) is 16.0 Å². The molecule has 4 heteroatoms. The summed E-state index contributed by atoms with van der Waals surface area (Å²) >= 11 is 0. The third kappa shape index (κ3) is 4.91. The summed E-state index contributed by atoms with van der Waals surface area (Å²) in [7, 11) is 0. The molecule has 0 spiro atoms. The van der Waals surface area contributed by atoms with Gasteiger partial charge in [0.05, 0.1) is 19.3 Å². The van der Waals surface area contributed by atoms with Gasteiger partial charge in [0.1, 0.15) is 0 Å². The molecule has 0 radical (unpaired) electrons. The van der Waals surface area contributed by atoms with E-state index in [9.17, 15) is 4.79 Å². The van der Waals surface area contributed by atoms with Gasteiger partial charge in [0, 0.05) is 19.0 Å². The largest absolute Gasteiger partial charge is 0.378 e. The van der Waals surface area contributed by atoms with Gasteiger partial charge in [-0.1, -0.05) is 60.7 Å². The maximum atomic E-state index is 12.5. The Balaban J connectivity index is 1.66. The molecule has 2 aromatic rings. The standard InChI is InChI=1S/C20H24N2O2/c23-20(14-18-15-24-12-11-21-18)22-19(17-9-5-2-6-10-17)13-16-7-3-1-4-8-16/h1-10,18-19,21H,11-15H2,(H,22,23). The summed E-state index contributed by atoms with van der Waals surface area (Å²) in [5.74, 6) is 0.0581. The van der Waals surface area contributed by atoms with Gasteiger partial charge in [-0.2, -0.15) is 0 Å². The minimum absolute atomic E-state index is 0.0226. The lowest BCUT2D eigenvalue weighted by Crippen LogP contribution is -2.44. The average Bonchev–Trinajstić information content (AvgIpc) is 2.63. The van der Waals surface area contributed by atoms with Crippen LogP contribution in [0.3, 0.4) is 0 Å². The number of amides is 1. The zero-order chi connectivity index (χ0) is 16.6. The van der Waals surface area contributed by atoms with E-state index < -0.39 is 0 Å². The van der Waals surface area contributed by atoms with Gasteiger partial charge in [-0.3, -0.25) is 4.79 Å². The lowest BCUT2D eigenvalue weighted by molar-refractivity contribution is -0.123. The van der Waals surface area contributed by atoms with E-state index in [-0.39, 0.29) is 18.0 Å². The molecule has 2 N–H and O–H groups in total. The van der Waals surface area contributed by atoms with Gasteiger partial charge in [0.25, 0.3) is 0 Å². The number of carbonyl (C=O) groups is 1. The topological polar surface area (TPSA) is 50.4 Å². The number of ether oxygens (including phenoxy) is 1. The van der Waals surface area contributed by atoms with E-state index in [4.69, 9.17) is 4.74 Å². The normalized spacial score (nSPS) is 18.8. The SMILES string of the molecule is O=C(CC1COCCN1)NC(Cc1ccccc1)c1ccccc1. The molecule has 1 aliphatic heterocycles. The minimum atomic E-state index is -0.0226. The Morgan fingerprint density at radius 1 is 1.12 bits per heavy atom. The molecule has 126 valence electrons. The van der Waals surface area contributed by atoms with Crippen molar-refractivity contribution in [2.75, 3.05) is 19.8 Å². The van der Waals surface area contributed by atoms with Gasteiger partial charge < -0.3 is 15.4 Å². The summed E-state index contributed by atoms with van der Waals surface area (Å²) in [4.78, 5) is 12.5. The van der Waals surface area contributed by atoms with Crippen LogP contribution in [0.25, 0.3) is 0 Å². The number of carbonyl (C=O) groups excluding carboxylic acids is 1. The van der Waals surface area contributed by atoms with Crippen molar-refractivity contribution in [3.63, 3.8) is 0 Å². The van der Waals surface area contributed by atoms with Crippen LogP contribution < -0.4 is 10.6 Å². The number of nitrogens with one attached hydrogen (secondary N) is 2. The lowest BCUT2D eigenvalue weighted by atomic mass is 9.98. The first-order valence-corrected chi connectivity index (χ1v) is 8.50.